The van der Waals surface area contributed by atoms with Gasteiger partial charge in [-0.05, 0) is 50.0 Å². The topological polar surface area (TPSA) is 77.1 Å². The Morgan fingerprint density at radius 3 is 2.64 bits per heavy atom. The summed E-state index contributed by atoms with van der Waals surface area (Å²) in [6, 6.07) is 9.96. The number of benzene rings is 1. The number of hydrogen-bond donors (Lipinski definition) is 1. The number of amides is 2. The lowest BCUT2D eigenvalue weighted by Gasteiger charge is -2.51. The average Bonchev–Trinajstić information content (AvgIpc) is 2.82. The molecular formula is C24H32F2N2O5. The second-order valence-corrected chi connectivity index (χ2v) is 9.17. The SMILES string of the molecule is O=C1N[C@]2(CCCN(C(=O)OCC(F)F)[C@H]2COC2CCC(c3ccccc3)CC2)CCO1. The first-order valence-electron chi connectivity index (χ1n) is 11.8. The number of cyclic esters (lactones) is 1. The number of halogens is 2. The van der Waals surface area contributed by atoms with Gasteiger partial charge in [0.1, 0.15) is 0 Å². The van der Waals surface area contributed by atoms with Crippen LogP contribution in [0.25, 0.3) is 0 Å². The van der Waals surface area contributed by atoms with Gasteiger partial charge in [0.15, 0.2) is 6.61 Å². The zero-order chi connectivity index (χ0) is 23.3. The minimum absolute atomic E-state index is 0.0541. The van der Waals surface area contributed by atoms with Crippen molar-refractivity contribution in [3.63, 3.8) is 0 Å². The van der Waals surface area contributed by atoms with Crippen molar-refractivity contribution in [3.05, 3.63) is 35.9 Å². The predicted molar refractivity (Wildman–Crippen MR) is 116 cm³/mol. The van der Waals surface area contributed by atoms with Crippen molar-refractivity contribution in [2.24, 2.45) is 0 Å². The van der Waals surface area contributed by atoms with Gasteiger partial charge in [0.25, 0.3) is 6.43 Å². The van der Waals surface area contributed by atoms with E-state index in [1.165, 1.54) is 10.5 Å². The van der Waals surface area contributed by atoms with Crippen molar-refractivity contribution in [3.8, 4) is 0 Å². The Kier molecular flexibility index (Phi) is 7.67. The van der Waals surface area contributed by atoms with E-state index in [1.54, 1.807) is 0 Å². The number of hydrogen-bond acceptors (Lipinski definition) is 5. The third kappa shape index (κ3) is 5.75. The summed E-state index contributed by atoms with van der Waals surface area (Å²) < 4.78 is 41.4. The summed E-state index contributed by atoms with van der Waals surface area (Å²) >= 11 is 0. The molecule has 1 N–H and O–H groups in total. The highest BCUT2D eigenvalue weighted by Crippen LogP contribution is 2.37. The van der Waals surface area contributed by atoms with Gasteiger partial charge in [0.05, 0.1) is 30.9 Å². The summed E-state index contributed by atoms with van der Waals surface area (Å²) in [5.74, 6) is 0.516. The van der Waals surface area contributed by atoms with Gasteiger partial charge in [0, 0.05) is 13.0 Å². The molecular weight excluding hydrogens is 434 g/mol. The first kappa shape index (κ1) is 23.7. The number of carbonyl (C=O) groups is 2. The normalized spacial score (nSPS) is 30.1. The van der Waals surface area contributed by atoms with E-state index in [2.05, 4.69) is 29.6 Å². The molecule has 1 aromatic carbocycles. The highest BCUT2D eigenvalue weighted by atomic mass is 19.3. The highest BCUT2D eigenvalue weighted by Gasteiger charge is 2.50. The molecule has 0 radical (unpaired) electrons. The number of alkyl halides is 2. The van der Waals surface area contributed by atoms with Gasteiger partial charge in [-0.25, -0.2) is 18.4 Å². The molecule has 2 amide bonds. The molecule has 0 unspecified atom stereocenters. The van der Waals surface area contributed by atoms with Gasteiger partial charge in [-0.2, -0.15) is 0 Å². The minimum Gasteiger partial charge on any atom is -0.449 e. The lowest BCUT2D eigenvalue weighted by Crippen LogP contribution is -2.69. The number of ether oxygens (including phenoxy) is 3. The second-order valence-electron chi connectivity index (χ2n) is 9.17. The van der Waals surface area contributed by atoms with Gasteiger partial charge < -0.3 is 24.4 Å². The Hall–Kier alpha value is -2.42. The Morgan fingerprint density at radius 2 is 1.94 bits per heavy atom. The molecule has 33 heavy (non-hydrogen) atoms. The lowest BCUT2D eigenvalue weighted by atomic mass is 9.78. The molecule has 7 nitrogen and oxygen atoms in total. The molecule has 2 aliphatic heterocycles. The number of piperidine rings is 1. The number of likely N-dealkylation sites (tertiary alicyclic amines) is 1. The smallest absolute Gasteiger partial charge is 0.410 e. The summed E-state index contributed by atoms with van der Waals surface area (Å²) in [6.45, 7) is -0.126. The van der Waals surface area contributed by atoms with Crippen molar-refractivity contribution in [2.45, 2.75) is 75.0 Å². The standard InChI is InChI=1S/C24H32F2N2O5/c25-21(26)16-33-23(30)28-13-4-11-24(12-14-31-22(29)27-24)20(28)15-32-19-9-7-18(8-10-19)17-5-2-1-3-6-17/h1-3,5-6,18-21H,4,7-16H2,(H,27,29)/t18?,19?,20-,24+/m0/s1. The van der Waals surface area contributed by atoms with Crippen molar-refractivity contribution in [2.75, 3.05) is 26.4 Å². The first-order valence-corrected chi connectivity index (χ1v) is 11.8. The second kappa shape index (κ2) is 10.7. The van der Waals surface area contributed by atoms with Crippen LogP contribution >= 0.6 is 0 Å². The summed E-state index contributed by atoms with van der Waals surface area (Å²) in [6.07, 6.45) is 1.67. The number of alkyl carbamates (subject to hydrolysis) is 1. The lowest BCUT2D eigenvalue weighted by molar-refractivity contribution is -0.0648. The third-order valence-corrected chi connectivity index (χ3v) is 7.17. The van der Waals surface area contributed by atoms with Crippen LogP contribution in [0.4, 0.5) is 18.4 Å². The zero-order valence-electron chi connectivity index (χ0n) is 18.7. The van der Waals surface area contributed by atoms with Crippen LogP contribution in [0.3, 0.4) is 0 Å². The van der Waals surface area contributed by atoms with Gasteiger partial charge in [0.2, 0.25) is 0 Å². The van der Waals surface area contributed by atoms with E-state index in [0.717, 1.165) is 25.7 Å². The molecule has 2 atom stereocenters. The van der Waals surface area contributed by atoms with Crippen molar-refractivity contribution < 1.29 is 32.6 Å². The van der Waals surface area contributed by atoms with E-state index in [9.17, 15) is 18.4 Å². The molecule has 9 heteroatoms. The molecule has 1 saturated carbocycles. The van der Waals surface area contributed by atoms with E-state index in [0.29, 0.717) is 31.7 Å². The van der Waals surface area contributed by atoms with Crippen molar-refractivity contribution >= 4 is 12.2 Å². The molecule has 1 spiro atoms. The van der Waals surface area contributed by atoms with Crippen LogP contribution in [-0.2, 0) is 14.2 Å². The van der Waals surface area contributed by atoms with E-state index in [-0.39, 0.29) is 19.3 Å². The molecule has 2 saturated heterocycles. The molecule has 2 heterocycles. The quantitative estimate of drug-likeness (QED) is 0.670. The number of rotatable bonds is 6. The number of nitrogens with zero attached hydrogens (tertiary/aromatic N) is 1. The maximum Gasteiger partial charge on any atom is 0.410 e. The van der Waals surface area contributed by atoms with E-state index < -0.39 is 36.8 Å². The average molecular weight is 467 g/mol. The van der Waals surface area contributed by atoms with E-state index in [1.807, 2.05) is 6.07 Å². The molecule has 0 aromatic heterocycles. The fraction of sp³-hybridized carbons (Fsp3) is 0.667. The van der Waals surface area contributed by atoms with Crippen LogP contribution in [0, 0.1) is 0 Å². The molecule has 1 aromatic rings. The minimum atomic E-state index is -2.73. The monoisotopic (exact) mass is 466 g/mol. The Balaban J connectivity index is 1.40. The van der Waals surface area contributed by atoms with Gasteiger partial charge in [-0.15, -0.1) is 0 Å². The maximum absolute atomic E-state index is 12.6. The highest BCUT2D eigenvalue weighted by molar-refractivity contribution is 5.71. The summed E-state index contributed by atoms with van der Waals surface area (Å²) in [5, 5.41) is 2.91. The van der Waals surface area contributed by atoms with Gasteiger partial charge >= 0.3 is 12.2 Å². The summed E-state index contributed by atoms with van der Waals surface area (Å²) in [5.41, 5.74) is 0.638. The van der Waals surface area contributed by atoms with Gasteiger partial charge in [-0.3, -0.25) is 0 Å². The van der Waals surface area contributed by atoms with Crippen LogP contribution in [0.2, 0.25) is 0 Å². The molecule has 0 bridgehead atoms. The predicted octanol–water partition coefficient (Wildman–Crippen LogP) is 4.46. The van der Waals surface area contributed by atoms with E-state index >= 15 is 0 Å². The largest absolute Gasteiger partial charge is 0.449 e. The van der Waals surface area contributed by atoms with Crippen molar-refractivity contribution in [1.29, 1.82) is 0 Å². The van der Waals surface area contributed by atoms with Crippen molar-refractivity contribution in [1.82, 2.24) is 10.2 Å². The molecule has 3 aliphatic rings. The Morgan fingerprint density at radius 1 is 1.18 bits per heavy atom. The fourth-order valence-corrected chi connectivity index (χ4v) is 5.45. The zero-order valence-corrected chi connectivity index (χ0v) is 18.7. The molecule has 1 aliphatic carbocycles. The molecule has 182 valence electrons. The number of nitrogens with one attached hydrogen (secondary N) is 1. The maximum atomic E-state index is 12.6. The van der Waals surface area contributed by atoms with Crippen LogP contribution in [0.5, 0.6) is 0 Å². The number of carbonyl (C=O) groups excluding carboxylic acids is 2. The van der Waals surface area contributed by atoms with Crippen LogP contribution < -0.4 is 5.32 Å². The summed E-state index contributed by atoms with van der Waals surface area (Å²) in [4.78, 5) is 26.1. The Bertz CT molecular complexity index is 799. The van der Waals surface area contributed by atoms with E-state index in [4.69, 9.17) is 14.2 Å². The van der Waals surface area contributed by atoms with Crippen LogP contribution in [0.15, 0.2) is 30.3 Å². The summed E-state index contributed by atoms with van der Waals surface area (Å²) in [7, 11) is 0. The fourth-order valence-electron chi connectivity index (χ4n) is 5.45. The Labute approximate surface area is 192 Å². The van der Waals surface area contributed by atoms with Gasteiger partial charge in [-0.1, -0.05) is 30.3 Å². The van der Waals surface area contributed by atoms with Crippen LogP contribution in [-0.4, -0.2) is 67.6 Å². The molecule has 3 fully saturated rings. The van der Waals surface area contributed by atoms with Crippen LogP contribution in [0.1, 0.15) is 56.4 Å². The first-order chi connectivity index (χ1) is 16.0. The molecule has 4 rings (SSSR count). The third-order valence-electron chi connectivity index (χ3n) is 7.17.